The van der Waals surface area contributed by atoms with Gasteiger partial charge in [-0.2, -0.15) is 0 Å². The summed E-state index contributed by atoms with van der Waals surface area (Å²) in [5.41, 5.74) is 4.94. The van der Waals surface area contributed by atoms with E-state index in [1.807, 2.05) is 36.4 Å². The normalized spacial score (nSPS) is 11.6. The van der Waals surface area contributed by atoms with Crippen molar-refractivity contribution in [2.75, 3.05) is 0 Å². The number of allylic oxidation sites excluding steroid dienone is 3. The molecule has 2 heteroatoms. The van der Waals surface area contributed by atoms with Crippen molar-refractivity contribution in [2.24, 2.45) is 0 Å². The molecule has 2 aromatic rings. The molecule has 0 N–H and O–H groups in total. The van der Waals surface area contributed by atoms with Gasteiger partial charge in [0, 0.05) is 0 Å². The summed E-state index contributed by atoms with van der Waals surface area (Å²) in [6, 6.07) is 20.4. The van der Waals surface area contributed by atoms with Gasteiger partial charge in [-0.3, -0.25) is 0 Å². The van der Waals surface area contributed by atoms with Gasteiger partial charge in [0.25, 0.3) is 0 Å². The van der Waals surface area contributed by atoms with Gasteiger partial charge in [-0.25, -0.2) is 0 Å². The molecule has 0 radical (unpaired) electrons. The number of ether oxygens (including phenoxy) is 2. The predicted molar refractivity (Wildman–Crippen MR) is 109 cm³/mol. The Morgan fingerprint density at radius 1 is 0.808 bits per heavy atom. The highest BCUT2D eigenvalue weighted by Crippen LogP contribution is 2.14. The van der Waals surface area contributed by atoms with Crippen molar-refractivity contribution in [3.8, 4) is 0 Å². The first-order valence-electron chi connectivity index (χ1n) is 9.25. The molecular formula is C24H30O2. The van der Waals surface area contributed by atoms with Gasteiger partial charge >= 0.3 is 0 Å². The first kappa shape index (κ1) is 20.2. The molecule has 0 aliphatic rings. The molecule has 0 unspecified atom stereocenters. The summed E-state index contributed by atoms with van der Waals surface area (Å²) in [6.45, 7) is 7.49. The first-order chi connectivity index (χ1) is 12.6. The zero-order chi connectivity index (χ0) is 18.6. The Balaban J connectivity index is 1.96. The molecule has 2 nitrogen and oxygen atoms in total. The zero-order valence-corrected chi connectivity index (χ0v) is 16.2. The molecule has 0 atom stereocenters. The molecule has 2 aromatic carbocycles. The van der Waals surface area contributed by atoms with E-state index < -0.39 is 0 Å². The van der Waals surface area contributed by atoms with Crippen LogP contribution in [0.15, 0.2) is 84.0 Å². The van der Waals surface area contributed by atoms with E-state index in [2.05, 4.69) is 57.2 Å². The van der Waals surface area contributed by atoms with E-state index in [1.54, 1.807) is 0 Å². The molecule has 2 rings (SSSR count). The van der Waals surface area contributed by atoms with Crippen molar-refractivity contribution in [1.29, 1.82) is 0 Å². The van der Waals surface area contributed by atoms with E-state index >= 15 is 0 Å². The molecule has 0 spiro atoms. The second-order valence-corrected chi connectivity index (χ2v) is 6.79. The van der Waals surface area contributed by atoms with E-state index in [0.29, 0.717) is 13.2 Å². The highest BCUT2D eigenvalue weighted by atomic mass is 16.7. The molecule has 0 fully saturated rings. The van der Waals surface area contributed by atoms with E-state index in [4.69, 9.17) is 9.47 Å². The maximum Gasteiger partial charge on any atom is 0.177 e. The molecule has 0 amide bonds. The summed E-state index contributed by atoms with van der Waals surface area (Å²) in [5.74, 6) is 0. The number of benzene rings is 2. The topological polar surface area (TPSA) is 18.5 Å². The van der Waals surface area contributed by atoms with Crippen molar-refractivity contribution >= 4 is 0 Å². The van der Waals surface area contributed by atoms with Gasteiger partial charge in [0.15, 0.2) is 6.29 Å². The summed E-state index contributed by atoms with van der Waals surface area (Å²) in [5, 5.41) is 0. The van der Waals surface area contributed by atoms with Gasteiger partial charge in [0.05, 0.1) is 13.2 Å². The van der Waals surface area contributed by atoms with Crippen molar-refractivity contribution in [3.05, 3.63) is 95.1 Å². The lowest BCUT2D eigenvalue weighted by molar-refractivity contribution is -0.126. The van der Waals surface area contributed by atoms with Gasteiger partial charge in [0.1, 0.15) is 0 Å². The third-order valence-corrected chi connectivity index (χ3v) is 4.03. The fraction of sp³-hybridized carbons (Fsp3) is 0.333. The Labute approximate surface area is 158 Å². The van der Waals surface area contributed by atoms with Gasteiger partial charge in [-0.05, 0) is 50.8 Å². The molecule has 0 aliphatic heterocycles. The Kier molecular flexibility index (Phi) is 8.88. The summed E-state index contributed by atoms with van der Waals surface area (Å²) < 4.78 is 12.1. The SMILES string of the molecule is CC(C)=CCC/C(C)=C\C(OCc1ccccc1)OCc1ccccc1. The van der Waals surface area contributed by atoms with Crippen molar-refractivity contribution < 1.29 is 9.47 Å². The maximum atomic E-state index is 6.03. The summed E-state index contributed by atoms with van der Waals surface area (Å²) in [7, 11) is 0. The fourth-order valence-electron chi connectivity index (χ4n) is 2.55. The van der Waals surface area contributed by atoms with Crippen LogP contribution in [-0.2, 0) is 22.7 Å². The second-order valence-electron chi connectivity index (χ2n) is 6.79. The standard InChI is InChI=1S/C24H30O2/c1-20(2)11-10-12-21(3)17-24(25-18-22-13-6-4-7-14-22)26-19-23-15-8-5-9-16-23/h4-9,11,13-17,24H,10,12,18-19H2,1-3H3/b21-17-. The molecule has 0 aromatic heterocycles. The molecule has 0 aliphatic carbocycles. The van der Waals surface area contributed by atoms with Crippen LogP contribution in [-0.4, -0.2) is 6.29 Å². The Morgan fingerprint density at radius 3 is 1.77 bits per heavy atom. The molecular weight excluding hydrogens is 320 g/mol. The minimum absolute atomic E-state index is 0.345. The first-order valence-corrected chi connectivity index (χ1v) is 9.25. The van der Waals surface area contributed by atoms with Crippen molar-refractivity contribution in [3.63, 3.8) is 0 Å². The van der Waals surface area contributed by atoms with Crippen LogP contribution in [0.5, 0.6) is 0 Å². The van der Waals surface area contributed by atoms with Gasteiger partial charge in [-0.15, -0.1) is 0 Å². The van der Waals surface area contributed by atoms with Crippen LogP contribution in [0.25, 0.3) is 0 Å². The third kappa shape index (κ3) is 8.28. The van der Waals surface area contributed by atoms with Crippen molar-refractivity contribution in [1.82, 2.24) is 0 Å². The quantitative estimate of drug-likeness (QED) is 0.363. The predicted octanol–water partition coefficient (Wildman–Crippen LogP) is 6.44. The van der Waals surface area contributed by atoms with Crippen LogP contribution in [0.3, 0.4) is 0 Å². The molecule has 26 heavy (non-hydrogen) atoms. The van der Waals surface area contributed by atoms with E-state index in [1.165, 1.54) is 11.1 Å². The lowest BCUT2D eigenvalue weighted by Crippen LogP contribution is -2.15. The van der Waals surface area contributed by atoms with Gasteiger partial charge in [0.2, 0.25) is 0 Å². The van der Waals surface area contributed by atoms with Crippen LogP contribution in [0, 0.1) is 0 Å². The molecule has 0 saturated heterocycles. The van der Waals surface area contributed by atoms with Crippen LogP contribution in [0.4, 0.5) is 0 Å². The Hall–Kier alpha value is -2.16. The second kappa shape index (κ2) is 11.5. The highest BCUT2D eigenvalue weighted by Gasteiger charge is 2.08. The Morgan fingerprint density at radius 2 is 1.31 bits per heavy atom. The smallest absolute Gasteiger partial charge is 0.177 e. The van der Waals surface area contributed by atoms with Gasteiger partial charge in [-0.1, -0.05) is 77.9 Å². The Bertz CT molecular complexity index is 639. The summed E-state index contributed by atoms with van der Waals surface area (Å²) in [4.78, 5) is 0. The molecule has 0 saturated carbocycles. The van der Waals surface area contributed by atoms with Crippen LogP contribution < -0.4 is 0 Å². The summed E-state index contributed by atoms with van der Waals surface area (Å²) >= 11 is 0. The van der Waals surface area contributed by atoms with E-state index in [9.17, 15) is 0 Å². The lowest BCUT2D eigenvalue weighted by atomic mass is 10.1. The molecule has 0 heterocycles. The molecule has 0 bridgehead atoms. The van der Waals surface area contributed by atoms with Crippen LogP contribution in [0.2, 0.25) is 0 Å². The number of hydrogen-bond donors (Lipinski definition) is 0. The lowest BCUT2D eigenvalue weighted by Gasteiger charge is -2.17. The minimum atomic E-state index is -0.345. The maximum absolute atomic E-state index is 6.03. The average molecular weight is 351 g/mol. The van der Waals surface area contributed by atoms with E-state index in [-0.39, 0.29) is 6.29 Å². The number of hydrogen-bond acceptors (Lipinski definition) is 2. The number of rotatable bonds is 10. The van der Waals surface area contributed by atoms with Crippen LogP contribution in [0.1, 0.15) is 44.7 Å². The van der Waals surface area contributed by atoms with Gasteiger partial charge < -0.3 is 9.47 Å². The zero-order valence-electron chi connectivity index (χ0n) is 16.2. The largest absolute Gasteiger partial charge is 0.344 e. The van der Waals surface area contributed by atoms with Crippen LogP contribution >= 0.6 is 0 Å². The van der Waals surface area contributed by atoms with Crippen molar-refractivity contribution in [2.45, 2.75) is 53.1 Å². The molecule has 138 valence electrons. The average Bonchev–Trinajstić information content (AvgIpc) is 2.65. The highest BCUT2D eigenvalue weighted by molar-refractivity contribution is 5.15. The monoisotopic (exact) mass is 350 g/mol. The summed E-state index contributed by atoms with van der Waals surface area (Å²) in [6.07, 6.45) is 6.09. The van der Waals surface area contributed by atoms with E-state index in [0.717, 1.165) is 24.0 Å². The minimum Gasteiger partial charge on any atom is -0.344 e. The fourth-order valence-corrected chi connectivity index (χ4v) is 2.55. The third-order valence-electron chi connectivity index (χ3n) is 4.03.